The monoisotopic (exact) mass is 746 g/mol. The minimum atomic E-state index is -0.873. The lowest BCUT2D eigenvalue weighted by Gasteiger charge is -2.31. The lowest BCUT2D eigenvalue weighted by atomic mass is 9.88. The zero-order chi connectivity index (χ0) is 38.4. The fourth-order valence-electron chi connectivity index (χ4n) is 6.88. The maximum atomic E-state index is 13.5. The van der Waals surface area contributed by atoms with E-state index in [4.69, 9.17) is 32.1 Å². The Morgan fingerprint density at radius 1 is 1.04 bits per heavy atom. The minimum Gasteiger partial charge on any atom is -0.508 e. The smallest absolute Gasteiger partial charge is 0.246 e. The van der Waals surface area contributed by atoms with Gasteiger partial charge < -0.3 is 25.2 Å². The molecular formula is C42H43ClN6O5. The average Bonchev–Trinajstić information content (AvgIpc) is 3.30. The van der Waals surface area contributed by atoms with E-state index < -0.39 is 6.04 Å². The number of amidine groups is 2. The van der Waals surface area contributed by atoms with Gasteiger partial charge in [-0.2, -0.15) is 0 Å². The Morgan fingerprint density at radius 3 is 2.50 bits per heavy atom. The number of nitrogens with zero attached hydrogens (tertiary/aromatic N) is 3. The summed E-state index contributed by atoms with van der Waals surface area (Å²) in [6, 6.07) is 24.7. The van der Waals surface area contributed by atoms with Gasteiger partial charge in [-0.05, 0) is 90.9 Å². The number of hydrogen-bond acceptors (Lipinski definition) is 8. The predicted octanol–water partition coefficient (Wildman–Crippen LogP) is 6.67. The van der Waals surface area contributed by atoms with E-state index in [0.717, 1.165) is 35.1 Å². The van der Waals surface area contributed by atoms with E-state index in [1.165, 1.54) is 17.0 Å². The maximum Gasteiger partial charge on any atom is 0.246 e. The predicted molar refractivity (Wildman–Crippen MR) is 212 cm³/mol. The number of benzene rings is 4. The van der Waals surface area contributed by atoms with Crippen LogP contribution in [-0.2, 0) is 22.7 Å². The summed E-state index contributed by atoms with van der Waals surface area (Å²) < 4.78 is 5.51. The summed E-state index contributed by atoms with van der Waals surface area (Å²) in [5.41, 5.74) is 5.81. The summed E-state index contributed by atoms with van der Waals surface area (Å²) in [5.74, 6) is 0.660. The van der Waals surface area contributed by atoms with Crippen molar-refractivity contribution in [1.82, 2.24) is 10.2 Å². The number of carbonyl (C=O) groups excluding carboxylic acids is 2. The highest BCUT2D eigenvalue weighted by Crippen LogP contribution is 2.33. The zero-order valence-corrected chi connectivity index (χ0v) is 30.9. The highest BCUT2D eigenvalue weighted by Gasteiger charge is 2.32. The molecule has 6 rings (SSSR count). The highest BCUT2D eigenvalue weighted by atomic mass is 35.5. The quantitative estimate of drug-likeness (QED) is 0.0692. The van der Waals surface area contributed by atoms with Crippen LogP contribution in [0.1, 0.15) is 65.5 Å². The van der Waals surface area contributed by atoms with Crippen LogP contribution in [0, 0.1) is 10.8 Å². The van der Waals surface area contributed by atoms with Gasteiger partial charge >= 0.3 is 0 Å². The first-order chi connectivity index (χ1) is 26.0. The van der Waals surface area contributed by atoms with E-state index in [0.29, 0.717) is 52.9 Å². The number of aromatic hydroxyl groups is 1. The molecule has 0 unspecified atom stereocenters. The number of halogens is 1. The van der Waals surface area contributed by atoms with E-state index in [2.05, 4.69) is 17.4 Å². The Balaban J connectivity index is 1.10. The number of fused-ring (bicyclic) bond motifs is 1. The molecule has 4 aromatic carbocycles. The van der Waals surface area contributed by atoms with Crippen molar-refractivity contribution < 1.29 is 24.5 Å². The number of anilines is 1. The lowest BCUT2D eigenvalue weighted by Crippen LogP contribution is -2.42. The number of methoxy groups -OCH3 is 1. The number of ether oxygens (including phenoxy) is 1. The van der Waals surface area contributed by atoms with Gasteiger partial charge in [0.05, 0.1) is 31.5 Å². The largest absolute Gasteiger partial charge is 0.508 e. The molecule has 0 radical (unpaired) electrons. The van der Waals surface area contributed by atoms with Crippen LogP contribution in [0.3, 0.4) is 0 Å². The average molecular weight is 747 g/mol. The molecule has 5 N–H and O–H groups in total. The molecule has 1 atom stereocenters. The Bertz CT molecular complexity index is 2120. The second-order valence-corrected chi connectivity index (χ2v) is 13.8. The molecule has 0 aliphatic carbocycles. The van der Waals surface area contributed by atoms with E-state index in [1.807, 2.05) is 35.2 Å². The molecule has 4 aromatic rings. The van der Waals surface area contributed by atoms with E-state index in [-0.39, 0.29) is 48.2 Å². The van der Waals surface area contributed by atoms with Crippen molar-refractivity contribution in [3.8, 4) is 11.5 Å². The Labute approximate surface area is 319 Å². The van der Waals surface area contributed by atoms with Gasteiger partial charge in [0.1, 0.15) is 29.2 Å². The second-order valence-electron chi connectivity index (χ2n) is 13.4. The van der Waals surface area contributed by atoms with E-state index >= 15 is 0 Å². The molecule has 54 heavy (non-hydrogen) atoms. The van der Waals surface area contributed by atoms with Gasteiger partial charge in [-0.25, -0.2) is 0 Å². The molecule has 11 nitrogen and oxygen atoms in total. The normalized spacial score (nSPS) is 16.1. The molecule has 2 aliphatic heterocycles. The van der Waals surface area contributed by atoms with E-state index in [1.54, 1.807) is 56.5 Å². The first-order valence-electron chi connectivity index (χ1n) is 17.8. The number of aliphatic hydroxyl groups is 1. The zero-order valence-electron chi connectivity index (χ0n) is 30.2. The molecule has 1 saturated heterocycles. The minimum absolute atomic E-state index is 0.0181. The van der Waals surface area contributed by atoms with Crippen LogP contribution in [0.5, 0.6) is 11.5 Å². The molecule has 0 bridgehead atoms. The van der Waals surface area contributed by atoms with Crippen LogP contribution < -0.4 is 15.0 Å². The van der Waals surface area contributed by atoms with Crippen molar-refractivity contribution in [1.29, 1.82) is 10.8 Å². The number of piperidine rings is 1. The van der Waals surface area contributed by atoms with Crippen molar-refractivity contribution in [2.24, 2.45) is 4.99 Å². The number of likely N-dealkylation sites (tertiary alicyclic amines) is 1. The fourth-order valence-corrected chi connectivity index (χ4v) is 7.01. The standard InChI is InChI=1S/C42H43ClN6O5/c1-26(44)49-37-13-12-34(54-2)22-35(37)41(30-8-10-33(43)11-9-30)47-36(42(49)45)23-39(52)46-24-28-4-3-5-31(21-28)29-16-18-48(19-17-29)40(53)15-7-27-6-14-38(51)32(20-27)25-50/h3-15,20-22,29,36,44-45,50-51H,16-19,23-25H2,1-2H3,(H,46,52)/t36-/m0/s1. The third-order valence-electron chi connectivity index (χ3n) is 9.78. The topological polar surface area (TPSA) is 162 Å². The first kappa shape index (κ1) is 38.0. The number of nitrogens with one attached hydrogen (secondary N) is 3. The summed E-state index contributed by atoms with van der Waals surface area (Å²) >= 11 is 6.20. The number of hydrogen-bond donors (Lipinski definition) is 5. The molecule has 2 heterocycles. The Morgan fingerprint density at radius 2 is 1.80 bits per heavy atom. The molecule has 0 spiro atoms. The van der Waals surface area contributed by atoms with Crippen molar-refractivity contribution in [2.45, 2.75) is 51.3 Å². The van der Waals surface area contributed by atoms with Gasteiger partial charge in [-0.15, -0.1) is 0 Å². The van der Waals surface area contributed by atoms with Gasteiger partial charge in [0.2, 0.25) is 11.8 Å². The molecule has 0 saturated carbocycles. The fraction of sp³-hybridized carbons (Fsp3) is 0.262. The number of aliphatic imine (C=N–C) groups is 1. The number of carbonyl (C=O) groups is 2. The van der Waals surface area contributed by atoms with Gasteiger partial charge in [-0.1, -0.05) is 54.1 Å². The van der Waals surface area contributed by atoms with Gasteiger partial charge in [0.25, 0.3) is 0 Å². The van der Waals surface area contributed by atoms with Crippen LogP contribution >= 0.6 is 11.6 Å². The summed E-state index contributed by atoms with van der Waals surface area (Å²) in [7, 11) is 1.57. The number of phenols is 1. The van der Waals surface area contributed by atoms with E-state index in [9.17, 15) is 19.8 Å². The van der Waals surface area contributed by atoms with Crippen molar-refractivity contribution in [3.63, 3.8) is 0 Å². The van der Waals surface area contributed by atoms with Gasteiger partial charge in [0, 0.05) is 47.4 Å². The molecule has 2 aliphatic rings. The van der Waals surface area contributed by atoms with Gasteiger partial charge in [-0.3, -0.25) is 30.3 Å². The Kier molecular flexibility index (Phi) is 11.9. The maximum absolute atomic E-state index is 13.5. The molecule has 12 heteroatoms. The van der Waals surface area contributed by atoms with Crippen LogP contribution in [0.15, 0.2) is 96.0 Å². The van der Waals surface area contributed by atoms with Gasteiger partial charge in [0.15, 0.2) is 0 Å². The van der Waals surface area contributed by atoms with Crippen LogP contribution in [0.25, 0.3) is 6.08 Å². The molecule has 2 amide bonds. The molecule has 278 valence electrons. The number of amides is 2. The van der Waals surface area contributed by atoms with Crippen LogP contribution in [0.4, 0.5) is 5.69 Å². The third kappa shape index (κ3) is 8.70. The number of benzodiazepines with no additional fused rings is 1. The van der Waals surface area contributed by atoms with Crippen molar-refractivity contribution >= 4 is 52.6 Å². The number of rotatable bonds is 10. The SMILES string of the molecule is COc1ccc2c(c1)C(c1ccc(Cl)cc1)=N[C@@H](CC(=O)NCc1cccc(C3CCN(C(=O)C=Cc4ccc(O)c(CO)c4)CC3)c1)C(=N)N2C(C)=N. The first-order valence-corrected chi connectivity index (χ1v) is 18.1. The molecular weight excluding hydrogens is 704 g/mol. The molecule has 0 aromatic heterocycles. The summed E-state index contributed by atoms with van der Waals surface area (Å²) in [6.07, 6.45) is 4.73. The number of aliphatic hydroxyl groups excluding tert-OH is 1. The second kappa shape index (κ2) is 16.9. The summed E-state index contributed by atoms with van der Waals surface area (Å²) in [5, 5.41) is 40.5. The summed E-state index contributed by atoms with van der Waals surface area (Å²) in [4.78, 5) is 34.7. The highest BCUT2D eigenvalue weighted by molar-refractivity contribution is 6.31. The van der Waals surface area contributed by atoms with Crippen LogP contribution in [0.2, 0.25) is 5.02 Å². The van der Waals surface area contributed by atoms with Crippen molar-refractivity contribution in [2.75, 3.05) is 25.1 Å². The van der Waals surface area contributed by atoms with Crippen LogP contribution in [-0.4, -0.2) is 70.6 Å². The van der Waals surface area contributed by atoms with Crippen molar-refractivity contribution in [3.05, 3.63) is 129 Å². The molecule has 1 fully saturated rings. The lowest BCUT2D eigenvalue weighted by molar-refractivity contribution is -0.127. The summed E-state index contributed by atoms with van der Waals surface area (Å²) in [6.45, 7) is 2.84. The Hall–Kier alpha value is -5.78. The third-order valence-corrected chi connectivity index (χ3v) is 10.0.